The number of anilines is 1. The van der Waals surface area contributed by atoms with Gasteiger partial charge >= 0.3 is 12.5 Å². The average Bonchev–Trinajstić information content (AvgIpc) is 3.27. The molecule has 0 unspecified atom stereocenters. The number of sulfone groups is 1. The summed E-state index contributed by atoms with van der Waals surface area (Å²) in [6, 6.07) is 9.58. The van der Waals surface area contributed by atoms with Crippen LogP contribution in [0.15, 0.2) is 42.5 Å². The molecule has 2 amide bonds. The van der Waals surface area contributed by atoms with Gasteiger partial charge in [0.1, 0.15) is 28.6 Å². The van der Waals surface area contributed by atoms with Crippen molar-refractivity contribution in [3.8, 4) is 17.2 Å². The number of aryl methyl sites for hydroxylation is 1. The first-order valence-electron chi connectivity index (χ1n) is 14.0. The minimum Gasteiger partial charge on any atom is -0.494 e. The predicted octanol–water partition coefficient (Wildman–Crippen LogP) is 4.99. The molecule has 46 heavy (non-hydrogen) atoms. The van der Waals surface area contributed by atoms with Crippen molar-refractivity contribution in [2.75, 3.05) is 23.9 Å². The van der Waals surface area contributed by atoms with Gasteiger partial charge < -0.3 is 20.1 Å². The predicted molar refractivity (Wildman–Crippen MR) is 152 cm³/mol. The zero-order valence-corrected chi connectivity index (χ0v) is 25.0. The van der Waals surface area contributed by atoms with Gasteiger partial charge in [0.15, 0.2) is 9.84 Å². The zero-order chi connectivity index (χ0) is 33.5. The molecule has 0 fully saturated rings. The van der Waals surface area contributed by atoms with E-state index in [1.807, 2.05) is 0 Å². The van der Waals surface area contributed by atoms with Crippen molar-refractivity contribution in [1.29, 1.82) is 0 Å². The van der Waals surface area contributed by atoms with Crippen LogP contribution in [0.3, 0.4) is 0 Å². The van der Waals surface area contributed by atoms with E-state index in [9.17, 15) is 44.3 Å². The molecule has 1 atom stereocenters. The fourth-order valence-electron chi connectivity index (χ4n) is 5.76. The monoisotopic (exact) mass is 674 g/mol. The van der Waals surface area contributed by atoms with Crippen molar-refractivity contribution in [3.63, 3.8) is 0 Å². The van der Waals surface area contributed by atoms with E-state index >= 15 is 0 Å². The van der Waals surface area contributed by atoms with Crippen molar-refractivity contribution >= 4 is 27.5 Å². The summed E-state index contributed by atoms with van der Waals surface area (Å²) in [5.41, 5.74) is 0.992. The normalized spacial score (nSPS) is 18.0. The van der Waals surface area contributed by atoms with Gasteiger partial charge in [-0.1, -0.05) is 6.07 Å². The maximum absolute atomic E-state index is 13.7. The molecule has 248 valence electrons. The van der Waals surface area contributed by atoms with E-state index < -0.39 is 57.7 Å². The lowest BCUT2D eigenvalue weighted by Crippen LogP contribution is -2.52. The van der Waals surface area contributed by atoms with Crippen LogP contribution in [-0.2, 0) is 33.0 Å². The molecule has 1 aliphatic heterocycles. The lowest BCUT2D eigenvalue weighted by Gasteiger charge is -2.42. The number of rotatable bonds is 9. The summed E-state index contributed by atoms with van der Waals surface area (Å²) >= 11 is 0. The number of amides is 2. The van der Waals surface area contributed by atoms with Crippen molar-refractivity contribution in [1.82, 2.24) is 15.1 Å². The van der Waals surface area contributed by atoms with Gasteiger partial charge in [0, 0.05) is 19.1 Å². The second kappa shape index (κ2) is 12.1. The zero-order valence-electron chi connectivity index (χ0n) is 24.2. The molecule has 3 aromatic rings. The number of carbonyl (C=O) groups is 2. The van der Waals surface area contributed by atoms with Gasteiger partial charge in [-0.05, 0) is 73.2 Å². The van der Waals surface area contributed by atoms with Crippen LogP contribution in [-0.4, -0.2) is 61.2 Å². The van der Waals surface area contributed by atoms with Gasteiger partial charge in [-0.15, -0.1) is 13.2 Å². The number of aromatic nitrogens is 2. The summed E-state index contributed by atoms with van der Waals surface area (Å²) in [4.78, 5) is 26.4. The number of benzene rings is 2. The summed E-state index contributed by atoms with van der Waals surface area (Å²) in [6.45, 7) is -0.127. The Morgan fingerprint density at radius 3 is 2.43 bits per heavy atom. The van der Waals surface area contributed by atoms with Gasteiger partial charge in [0.2, 0.25) is 5.91 Å². The molecule has 2 N–H and O–H groups in total. The van der Waals surface area contributed by atoms with Gasteiger partial charge in [0.05, 0.1) is 23.5 Å². The number of hydrogen-bond acceptors (Lipinski definition) is 7. The molecule has 5 rings (SSSR count). The number of hydrogen-bond donors (Lipinski definition) is 2. The number of nitrogens with zero attached hydrogens (tertiary/aromatic N) is 2. The fourth-order valence-corrected chi connectivity index (χ4v) is 6.31. The Balaban J connectivity index is 1.48. The Kier molecular flexibility index (Phi) is 8.74. The van der Waals surface area contributed by atoms with Crippen LogP contribution >= 0.6 is 0 Å². The van der Waals surface area contributed by atoms with E-state index in [1.54, 1.807) is 18.2 Å². The van der Waals surface area contributed by atoms with Gasteiger partial charge in [-0.25, -0.2) is 13.1 Å². The quantitative estimate of drug-likeness (QED) is 0.242. The molecule has 0 radical (unpaired) electrons. The first-order valence-corrected chi connectivity index (χ1v) is 16.1. The van der Waals surface area contributed by atoms with Gasteiger partial charge in [0.25, 0.3) is 5.91 Å². The van der Waals surface area contributed by atoms with Crippen LogP contribution in [0.1, 0.15) is 52.9 Å². The van der Waals surface area contributed by atoms with Crippen molar-refractivity contribution in [3.05, 3.63) is 64.8 Å². The van der Waals surface area contributed by atoms with E-state index in [1.165, 1.54) is 12.1 Å². The molecular weight excluding hydrogens is 646 g/mol. The van der Waals surface area contributed by atoms with E-state index in [2.05, 4.69) is 20.5 Å². The standard InChI is InChI=1S/C29H28F6N4O6S/c1-46(42,43)16-23(40)36-25-24-22(38-39(25)18-5-7-19(8-6-18)45-29(33,34)35)15-27(37-26(24)41)11-2-4-17-14-20(9-10-21(17)27)44-13-3-12-28(30,31)32/h5-10,14H,2-4,11-13,15-16H2,1H3,(H,36,40)(H,37,41)/t27-/m0/s1. The van der Waals surface area contributed by atoms with Crippen molar-refractivity contribution in [2.45, 2.75) is 56.6 Å². The summed E-state index contributed by atoms with van der Waals surface area (Å²) in [7, 11) is -3.76. The minimum atomic E-state index is -4.93. The smallest absolute Gasteiger partial charge is 0.494 e. The summed E-state index contributed by atoms with van der Waals surface area (Å²) < 4.78 is 110. The van der Waals surface area contributed by atoms with E-state index in [4.69, 9.17) is 4.74 Å². The molecule has 1 aliphatic carbocycles. The molecular formula is C29H28F6N4O6S. The van der Waals surface area contributed by atoms with Crippen molar-refractivity contribution < 1.29 is 53.8 Å². The third-order valence-electron chi connectivity index (χ3n) is 7.49. The maximum Gasteiger partial charge on any atom is 0.573 e. The third-order valence-corrected chi connectivity index (χ3v) is 8.27. The summed E-state index contributed by atoms with van der Waals surface area (Å²) in [5, 5.41) is 10.0. The number of fused-ring (bicyclic) bond motifs is 3. The highest BCUT2D eigenvalue weighted by Crippen LogP contribution is 2.43. The molecule has 2 aromatic carbocycles. The topological polar surface area (TPSA) is 129 Å². The number of nitrogens with one attached hydrogen (secondary N) is 2. The highest BCUT2D eigenvalue weighted by molar-refractivity contribution is 7.91. The first kappa shape index (κ1) is 33.1. The molecule has 1 aromatic heterocycles. The molecule has 2 aliphatic rings. The Bertz CT molecular complexity index is 1750. The largest absolute Gasteiger partial charge is 0.573 e. The van der Waals surface area contributed by atoms with Crippen LogP contribution in [0.5, 0.6) is 11.5 Å². The minimum absolute atomic E-state index is 0.0418. The highest BCUT2D eigenvalue weighted by Gasteiger charge is 2.45. The van der Waals surface area contributed by atoms with E-state index in [0.29, 0.717) is 25.0 Å². The molecule has 0 saturated carbocycles. The second-order valence-corrected chi connectivity index (χ2v) is 13.3. The number of ether oxygens (including phenoxy) is 2. The van der Waals surface area contributed by atoms with Crippen LogP contribution in [0.2, 0.25) is 0 Å². The average molecular weight is 675 g/mol. The van der Waals surface area contributed by atoms with Crippen molar-refractivity contribution in [2.24, 2.45) is 0 Å². The second-order valence-electron chi connectivity index (χ2n) is 11.2. The number of halogens is 6. The maximum atomic E-state index is 13.7. The van der Waals surface area contributed by atoms with Crippen LogP contribution < -0.4 is 20.1 Å². The van der Waals surface area contributed by atoms with E-state index in [0.717, 1.165) is 34.2 Å². The fraction of sp³-hybridized carbons (Fsp3) is 0.414. The molecule has 17 heteroatoms. The van der Waals surface area contributed by atoms with Gasteiger partial charge in [-0.3, -0.25) is 9.59 Å². The highest BCUT2D eigenvalue weighted by atomic mass is 32.2. The first-order chi connectivity index (χ1) is 21.4. The van der Waals surface area contributed by atoms with Crippen LogP contribution in [0.4, 0.5) is 32.2 Å². The van der Waals surface area contributed by atoms with Gasteiger partial charge in [-0.2, -0.15) is 18.3 Å². The molecule has 0 saturated heterocycles. The van der Waals surface area contributed by atoms with Crippen LogP contribution in [0, 0.1) is 0 Å². The van der Waals surface area contributed by atoms with Crippen LogP contribution in [0.25, 0.3) is 5.69 Å². The number of alkyl halides is 6. The van der Waals surface area contributed by atoms with E-state index in [-0.39, 0.29) is 42.2 Å². The lowest BCUT2D eigenvalue weighted by molar-refractivity contribution is -0.274. The SMILES string of the molecule is CS(=O)(=O)CC(=O)Nc1c2c(nn1-c1ccc(OC(F)(F)F)cc1)C[C@]1(CCCc3cc(OCCCC(F)(F)F)ccc31)NC2=O. The Labute approximate surface area is 259 Å². The summed E-state index contributed by atoms with van der Waals surface area (Å²) in [6.07, 6.45) is -7.62. The Hall–Kier alpha value is -4.28. The molecule has 2 heterocycles. The summed E-state index contributed by atoms with van der Waals surface area (Å²) in [5.74, 6) is -2.78. The lowest BCUT2D eigenvalue weighted by atomic mass is 9.72. The molecule has 0 bridgehead atoms. The third kappa shape index (κ3) is 7.74. The molecule has 10 nitrogen and oxygen atoms in total. The Morgan fingerprint density at radius 1 is 1.09 bits per heavy atom. The molecule has 1 spiro atoms. The number of carbonyl (C=O) groups excluding carboxylic acids is 2. The Morgan fingerprint density at radius 2 is 1.78 bits per heavy atom.